The number of methoxy groups -OCH3 is 1. The van der Waals surface area contributed by atoms with Gasteiger partial charge in [0.2, 0.25) is 0 Å². The summed E-state index contributed by atoms with van der Waals surface area (Å²) in [5, 5.41) is 3.27. The summed E-state index contributed by atoms with van der Waals surface area (Å²) in [5.41, 5.74) is -0.556. The number of nitrogens with one attached hydrogen (secondary N) is 1. The summed E-state index contributed by atoms with van der Waals surface area (Å²) < 4.78 is 10.2. The Labute approximate surface area is 130 Å². The number of hydrogen-bond donors (Lipinski definition) is 1. The van der Waals surface area contributed by atoms with Gasteiger partial charge in [-0.2, -0.15) is 0 Å². The largest absolute Gasteiger partial charge is 0.465 e. The minimum Gasteiger partial charge on any atom is -0.465 e. The fraction of sp³-hybridized carbons (Fsp3) is 0.938. The van der Waals surface area contributed by atoms with Gasteiger partial charge in [-0.15, -0.1) is 0 Å². The van der Waals surface area contributed by atoms with E-state index in [-0.39, 0.29) is 5.97 Å². The van der Waals surface area contributed by atoms with Crippen LogP contribution in [0.2, 0.25) is 0 Å². The molecule has 1 unspecified atom stereocenters. The van der Waals surface area contributed by atoms with Crippen molar-refractivity contribution >= 4 is 5.97 Å². The van der Waals surface area contributed by atoms with E-state index in [0.29, 0.717) is 6.61 Å². The number of hydrogen-bond acceptors (Lipinski definition) is 5. The van der Waals surface area contributed by atoms with Crippen LogP contribution in [0.3, 0.4) is 0 Å². The van der Waals surface area contributed by atoms with E-state index in [1.54, 1.807) is 7.11 Å². The maximum atomic E-state index is 12.0. The molecule has 0 spiro atoms. The van der Waals surface area contributed by atoms with Crippen LogP contribution in [-0.4, -0.2) is 63.4 Å². The molecule has 0 aliphatic heterocycles. The van der Waals surface area contributed by atoms with Crippen LogP contribution in [0.15, 0.2) is 0 Å². The number of likely N-dealkylation sites (N-methyl/N-ethyl adjacent to an activating group) is 1. The van der Waals surface area contributed by atoms with Crippen molar-refractivity contribution in [1.29, 1.82) is 0 Å². The van der Waals surface area contributed by atoms with Gasteiger partial charge in [0.25, 0.3) is 0 Å². The molecule has 0 radical (unpaired) electrons. The Hall–Kier alpha value is -0.650. The topological polar surface area (TPSA) is 50.8 Å². The molecule has 0 aliphatic carbocycles. The third kappa shape index (κ3) is 9.06. The fourth-order valence-corrected chi connectivity index (χ4v) is 2.39. The molecule has 1 N–H and O–H groups in total. The van der Waals surface area contributed by atoms with Gasteiger partial charge in [-0.1, -0.05) is 6.92 Å². The number of carbonyl (C=O) groups is 1. The molecule has 126 valence electrons. The first-order valence-corrected chi connectivity index (χ1v) is 8.09. The highest BCUT2D eigenvalue weighted by atomic mass is 16.5. The molecule has 5 heteroatoms. The molecule has 0 aromatic rings. The van der Waals surface area contributed by atoms with Gasteiger partial charge in [0.1, 0.15) is 5.54 Å². The molecule has 0 saturated heterocycles. The Morgan fingerprint density at radius 2 is 1.86 bits per heavy atom. The van der Waals surface area contributed by atoms with Crippen molar-refractivity contribution < 1.29 is 14.3 Å². The molecule has 0 amide bonds. The summed E-state index contributed by atoms with van der Waals surface area (Å²) in [6.45, 7) is 9.92. The lowest BCUT2D eigenvalue weighted by atomic mass is 9.94. The molecule has 5 nitrogen and oxygen atoms in total. The molecule has 0 bridgehead atoms. The number of carbonyl (C=O) groups excluding carboxylic acids is 1. The molecule has 0 heterocycles. The van der Waals surface area contributed by atoms with Crippen molar-refractivity contribution in [3.63, 3.8) is 0 Å². The summed E-state index contributed by atoms with van der Waals surface area (Å²) in [6, 6.07) is 0. The zero-order valence-electron chi connectivity index (χ0n) is 14.5. The van der Waals surface area contributed by atoms with Gasteiger partial charge < -0.3 is 19.7 Å². The molecule has 0 saturated carbocycles. The number of esters is 1. The first kappa shape index (κ1) is 20.3. The minimum absolute atomic E-state index is 0.139. The van der Waals surface area contributed by atoms with Crippen LogP contribution in [0, 0.1) is 0 Å². The van der Waals surface area contributed by atoms with Gasteiger partial charge >= 0.3 is 5.97 Å². The van der Waals surface area contributed by atoms with E-state index in [0.717, 1.165) is 51.9 Å². The number of ether oxygens (including phenoxy) is 2. The maximum absolute atomic E-state index is 12.0. The van der Waals surface area contributed by atoms with Crippen LogP contribution in [-0.2, 0) is 14.3 Å². The minimum atomic E-state index is -0.556. The zero-order valence-corrected chi connectivity index (χ0v) is 14.5. The quantitative estimate of drug-likeness (QED) is 0.417. The van der Waals surface area contributed by atoms with E-state index in [4.69, 9.17) is 9.47 Å². The van der Waals surface area contributed by atoms with Crippen molar-refractivity contribution in [1.82, 2.24) is 10.2 Å². The third-order valence-electron chi connectivity index (χ3n) is 3.65. The lowest BCUT2D eigenvalue weighted by Crippen LogP contribution is -2.50. The standard InChI is InChI=1S/C16H34N2O3/c1-6-17-16(3,15(19)21-7-2)11-8-9-12-18(4)13-10-14-20-5/h17H,6-14H2,1-5H3. The SMILES string of the molecule is CCNC(C)(CCCCN(C)CCCOC)C(=O)OCC. The van der Waals surface area contributed by atoms with E-state index in [1.807, 2.05) is 20.8 Å². The Bertz CT molecular complexity index is 274. The molecule has 0 aromatic heterocycles. The van der Waals surface area contributed by atoms with E-state index in [9.17, 15) is 4.79 Å². The molecule has 0 rings (SSSR count). The van der Waals surface area contributed by atoms with Gasteiger partial charge in [-0.05, 0) is 59.7 Å². The van der Waals surface area contributed by atoms with E-state index in [1.165, 1.54) is 0 Å². The predicted octanol–water partition coefficient (Wildman–Crippen LogP) is 2.06. The van der Waals surface area contributed by atoms with E-state index < -0.39 is 5.54 Å². The van der Waals surface area contributed by atoms with Crippen molar-refractivity contribution in [2.24, 2.45) is 0 Å². The van der Waals surface area contributed by atoms with Crippen LogP contribution in [0.25, 0.3) is 0 Å². The summed E-state index contributed by atoms with van der Waals surface area (Å²) in [4.78, 5) is 14.4. The van der Waals surface area contributed by atoms with Crippen molar-refractivity contribution in [3.05, 3.63) is 0 Å². The predicted molar refractivity (Wildman–Crippen MR) is 86.6 cm³/mol. The normalized spacial score (nSPS) is 14.2. The van der Waals surface area contributed by atoms with Crippen molar-refractivity contribution in [2.75, 3.05) is 47.0 Å². The first-order chi connectivity index (χ1) is 10.00. The molecule has 0 aliphatic rings. The highest BCUT2D eigenvalue weighted by Gasteiger charge is 2.32. The summed E-state index contributed by atoms with van der Waals surface area (Å²) in [6.07, 6.45) is 3.97. The van der Waals surface area contributed by atoms with Gasteiger partial charge in [0.15, 0.2) is 0 Å². The molecule has 0 fully saturated rings. The van der Waals surface area contributed by atoms with Gasteiger partial charge in [-0.3, -0.25) is 4.79 Å². The summed E-state index contributed by atoms with van der Waals surface area (Å²) in [7, 11) is 3.86. The maximum Gasteiger partial charge on any atom is 0.326 e. The fourth-order valence-electron chi connectivity index (χ4n) is 2.39. The van der Waals surface area contributed by atoms with Gasteiger partial charge in [0, 0.05) is 20.3 Å². The highest BCUT2D eigenvalue weighted by molar-refractivity contribution is 5.80. The Morgan fingerprint density at radius 3 is 2.43 bits per heavy atom. The van der Waals surface area contributed by atoms with Crippen LogP contribution in [0.1, 0.15) is 46.5 Å². The smallest absolute Gasteiger partial charge is 0.326 e. The Balaban J connectivity index is 4.00. The summed E-state index contributed by atoms with van der Waals surface area (Å²) in [5.74, 6) is -0.139. The lowest BCUT2D eigenvalue weighted by molar-refractivity contribution is -0.150. The second-order valence-electron chi connectivity index (χ2n) is 5.69. The third-order valence-corrected chi connectivity index (χ3v) is 3.65. The van der Waals surface area contributed by atoms with E-state index in [2.05, 4.69) is 17.3 Å². The Morgan fingerprint density at radius 1 is 1.19 bits per heavy atom. The number of rotatable bonds is 13. The summed E-state index contributed by atoms with van der Waals surface area (Å²) >= 11 is 0. The monoisotopic (exact) mass is 302 g/mol. The second kappa shape index (κ2) is 12.0. The highest BCUT2D eigenvalue weighted by Crippen LogP contribution is 2.16. The first-order valence-electron chi connectivity index (χ1n) is 8.09. The van der Waals surface area contributed by atoms with Gasteiger partial charge in [-0.25, -0.2) is 0 Å². The lowest BCUT2D eigenvalue weighted by Gasteiger charge is -2.28. The average Bonchev–Trinajstić information content (AvgIpc) is 2.44. The van der Waals surface area contributed by atoms with Crippen LogP contribution >= 0.6 is 0 Å². The average molecular weight is 302 g/mol. The van der Waals surface area contributed by atoms with Gasteiger partial charge in [0.05, 0.1) is 6.61 Å². The molecule has 0 aromatic carbocycles. The van der Waals surface area contributed by atoms with Crippen LogP contribution in [0.4, 0.5) is 0 Å². The second-order valence-corrected chi connectivity index (χ2v) is 5.69. The zero-order chi connectivity index (χ0) is 16.1. The van der Waals surface area contributed by atoms with Crippen molar-refractivity contribution in [3.8, 4) is 0 Å². The number of nitrogens with zero attached hydrogens (tertiary/aromatic N) is 1. The Kier molecular flexibility index (Phi) is 11.6. The molecule has 21 heavy (non-hydrogen) atoms. The van der Waals surface area contributed by atoms with Crippen LogP contribution < -0.4 is 5.32 Å². The number of unbranched alkanes of at least 4 members (excludes halogenated alkanes) is 1. The molecular weight excluding hydrogens is 268 g/mol. The van der Waals surface area contributed by atoms with Crippen molar-refractivity contribution in [2.45, 2.75) is 52.0 Å². The molecule has 1 atom stereocenters. The molecular formula is C16H34N2O3. The van der Waals surface area contributed by atoms with Crippen LogP contribution in [0.5, 0.6) is 0 Å². The van der Waals surface area contributed by atoms with E-state index >= 15 is 0 Å².